The van der Waals surface area contributed by atoms with Crippen LogP contribution in [0.2, 0.25) is 0 Å². The average molecular weight is 258 g/mol. The minimum absolute atomic E-state index is 0.334. The SMILES string of the molecule is C=CCOc1nc2ccc(OC)cc2cc1/C=N\O. The van der Waals surface area contributed by atoms with Crippen molar-refractivity contribution >= 4 is 17.1 Å². The highest BCUT2D eigenvalue weighted by atomic mass is 16.5. The summed E-state index contributed by atoms with van der Waals surface area (Å²) in [6.07, 6.45) is 2.91. The molecule has 0 aliphatic heterocycles. The molecule has 0 amide bonds. The van der Waals surface area contributed by atoms with Crippen molar-refractivity contribution in [3.05, 3.63) is 42.5 Å². The van der Waals surface area contributed by atoms with Gasteiger partial charge < -0.3 is 14.7 Å². The first-order chi connectivity index (χ1) is 9.28. The summed E-state index contributed by atoms with van der Waals surface area (Å²) in [4.78, 5) is 4.38. The second-order valence-electron chi connectivity index (χ2n) is 3.79. The maximum Gasteiger partial charge on any atom is 0.223 e. The number of fused-ring (bicyclic) bond motifs is 1. The maximum atomic E-state index is 8.68. The number of pyridine rings is 1. The lowest BCUT2D eigenvalue weighted by atomic mass is 10.1. The Morgan fingerprint density at radius 1 is 1.42 bits per heavy atom. The number of ether oxygens (including phenoxy) is 2. The van der Waals surface area contributed by atoms with E-state index in [2.05, 4.69) is 16.7 Å². The zero-order valence-corrected chi connectivity index (χ0v) is 10.5. The number of oxime groups is 1. The number of rotatable bonds is 5. The highest BCUT2D eigenvalue weighted by Crippen LogP contribution is 2.24. The van der Waals surface area contributed by atoms with Crippen LogP contribution in [-0.4, -0.2) is 30.1 Å². The third-order valence-electron chi connectivity index (χ3n) is 2.55. The summed E-state index contributed by atoms with van der Waals surface area (Å²) in [5.74, 6) is 1.14. The third-order valence-corrected chi connectivity index (χ3v) is 2.55. The maximum absolute atomic E-state index is 8.68. The van der Waals surface area contributed by atoms with Crippen molar-refractivity contribution in [1.82, 2.24) is 4.98 Å². The van der Waals surface area contributed by atoms with Gasteiger partial charge in [-0.2, -0.15) is 0 Å². The van der Waals surface area contributed by atoms with Gasteiger partial charge in [-0.25, -0.2) is 4.98 Å². The van der Waals surface area contributed by atoms with E-state index >= 15 is 0 Å². The van der Waals surface area contributed by atoms with Gasteiger partial charge in [-0.05, 0) is 24.3 Å². The molecular weight excluding hydrogens is 244 g/mol. The van der Waals surface area contributed by atoms with Gasteiger partial charge in [0.25, 0.3) is 0 Å². The van der Waals surface area contributed by atoms with Gasteiger partial charge in [-0.15, -0.1) is 0 Å². The molecule has 19 heavy (non-hydrogen) atoms. The zero-order valence-electron chi connectivity index (χ0n) is 10.5. The summed E-state index contributed by atoms with van der Waals surface area (Å²) in [6.45, 7) is 3.92. The van der Waals surface area contributed by atoms with Gasteiger partial charge in [0.2, 0.25) is 5.88 Å². The van der Waals surface area contributed by atoms with E-state index in [1.165, 1.54) is 6.21 Å². The minimum Gasteiger partial charge on any atom is -0.497 e. The lowest BCUT2D eigenvalue weighted by molar-refractivity contribution is 0.320. The smallest absolute Gasteiger partial charge is 0.223 e. The summed E-state index contributed by atoms with van der Waals surface area (Å²) in [5.41, 5.74) is 1.36. The van der Waals surface area contributed by atoms with Crippen LogP contribution in [0.1, 0.15) is 5.56 Å². The Balaban J connectivity index is 2.54. The van der Waals surface area contributed by atoms with Gasteiger partial charge in [-0.1, -0.05) is 17.8 Å². The molecule has 0 atom stereocenters. The molecular formula is C14H14N2O3. The van der Waals surface area contributed by atoms with Crippen molar-refractivity contribution in [2.45, 2.75) is 0 Å². The second-order valence-corrected chi connectivity index (χ2v) is 3.79. The number of hydrogen-bond donors (Lipinski definition) is 1. The van der Waals surface area contributed by atoms with Gasteiger partial charge in [0.15, 0.2) is 0 Å². The van der Waals surface area contributed by atoms with Crippen LogP contribution in [0.15, 0.2) is 42.1 Å². The van der Waals surface area contributed by atoms with E-state index in [4.69, 9.17) is 14.7 Å². The van der Waals surface area contributed by atoms with Crippen LogP contribution >= 0.6 is 0 Å². The number of benzene rings is 1. The molecule has 0 radical (unpaired) electrons. The number of aromatic nitrogens is 1. The van der Waals surface area contributed by atoms with E-state index in [1.807, 2.05) is 24.3 Å². The van der Waals surface area contributed by atoms with E-state index < -0.39 is 0 Å². The van der Waals surface area contributed by atoms with E-state index in [0.29, 0.717) is 18.1 Å². The molecule has 0 aliphatic rings. The lowest BCUT2D eigenvalue weighted by Crippen LogP contribution is -2.00. The van der Waals surface area contributed by atoms with Crippen molar-refractivity contribution in [2.75, 3.05) is 13.7 Å². The first-order valence-electron chi connectivity index (χ1n) is 5.68. The lowest BCUT2D eigenvalue weighted by Gasteiger charge is -2.08. The molecule has 0 aliphatic carbocycles. The molecule has 1 heterocycles. The largest absolute Gasteiger partial charge is 0.497 e. The Morgan fingerprint density at radius 3 is 2.95 bits per heavy atom. The van der Waals surface area contributed by atoms with Crippen molar-refractivity contribution in [2.24, 2.45) is 5.16 Å². The van der Waals surface area contributed by atoms with Gasteiger partial charge in [0.1, 0.15) is 12.4 Å². The minimum atomic E-state index is 0.334. The Morgan fingerprint density at radius 2 is 2.26 bits per heavy atom. The van der Waals surface area contributed by atoms with Crippen LogP contribution in [0, 0.1) is 0 Å². The van der Waals surface area contributed by atoms with Gasteiger partial charge in [-0.3, -0.25) is 0 Å². The van der Waals surface area contributed by atoms with Crippen LogP contribution in [0.4, 0.5) is 0 Å². The van der Waals surface area contributed by atoms with Crippen LogP contribution in [-0.2, 0) is 0 Å². The first-order valence-corrected chi connectivity index (χ1v) is 5.68. The fourth-order valence-corrected chi connectivity index (χ4v) is 1.69. The molecule has 0 unspecified atom stereocenters. The topological polar surface area (TPSA) is 63.9 Å². The van der Waals surface area contributed by atoms with Gasteiger partial charge in [0, 0.05) is 5.39 Å². The van der Waals surface area contributed by atoms with Crippen molar-refractivity contribution < 1.29 is 14.7 Å². The van der Waals surface area contributed by atoms with E-state index in [9.17, 15) is 0 Å². The Hall–Kier alpha value is -2.56. The average Bonchev–Trinajstić information content (AvgIpc) is 2.44. The normalized spacial score (nSPS) is 10.8. The first kappa shape index (κ1) is 12.9. The summed E-state index contributed by atoms with van der Waals surface area (Å²) in [5, 5.41) is 12.6. The fraction of sp³-hybridized carbons (Fsp3) is 0.143. The Bertz CT molecular complexity index is 623. The summed E-state index contributed by atoms with van der Waals surface area (Å²) >= 11 is 0. The van der Waals surface area contributed by atoms with Gasteiger partial charge >= 0.3 is 0 Å². The van der Waals surface area contributed by atoms with Gasteiger partial charge in [0.05, 0.1) is 24.4 Å². The zero-order chi connectivity index (χ0) is 13.7. The monoisotopic (exact) mass is 258 g/mol. The van der Waals surface area contributed by atoms with Crippen LogP contribution in [0.25, 0.3) is 10.9 Å². The molecule has 1 N–H and O–H groups in total. The summed E-state index contributed by atoms with van der Waals surface area (Å²) in [6, 6.07) is 7.35. The molecule has 0 bridgehead atoms. The molecule has 1 aromatic carbocycles. The van der Waals surface area contributed by atoms with Crippen molar-refractivity contribution in [3.8, 4) is 11.6 Å². The fourth-order valence-electron chi connectivity index (χ4n) is 1.69. The molecule has 1 aromatic heterocycles. The van der Waals surface area contributed by atoms with Crippen LogP contribution in [0.3, 0.4) is 0 Å². The second kappa shape index (κ2) is 5.86. The summed E-state index contributed by atoms with van der Waals surface area (Å²) in [7, 11) is 1.60. The Kier molecular flexibility index (Phi) is 3.97. The molecule has 0 spiro atoms. The molecule has 98 valence electrons. The highest BCUT2D eigenvalue weighted by Gasteiger charge is 2.07. The van der Waals surface area contributed by atoms with Crippen molar-refractivity contribution in [3.63, 3.8) is 0 Å². The van der Waals surface area contributed by atoms with E-state index in [1.54, 1.807) is 13.2 Å². The Labute approximate surface area is 110 Å². The van der Waals surface area contributed by atoms with Crippen LogP contribution < -0.4 is 9.47 Å². The molecule has 2 aromatic rings. The summed E-state index contributed by atoms with van der Waals surface area (Å²) < 4.78 is 10.6. The standard InChI is InChI=1S/C14H14N2O3/c1-3-6-19-14-11(9-15-17)7-10-8-12(18-2)4-5-13(10)16-14/h3-5,7-9,17H,1,6H2,2H3/b15-9-. The molecule has 5 nitrogen and oxygen atoms in total. The molecule has 0 saturated carbocycles. The van der Waals surface area contributed by atoms with E-state index in [0.717, 1.165) is 16.7 Å². The van der Waals surface area contributed by atoms with Crippen molar-refractivity contribution in [1.29, 1.82) is 0 Å². The third kappa shape index (κ3) is 2.82. The predicted molar refractivity (Wildman–Crippen MR) is 73.4 cm³/mol. The van der Waals surface area contributed by atoms with E-state index in [-0.39, 0.29) is 0 Å². The quantitative estimate of drug-likeness (QED) is 0.387. The molecule has 0 saturated heterocycles. The number of methoxy groups -OCH3 is 1. The predicted octanol–water partition coefficient (Wildman–Crippen LogP) is 2.62. The molecule has 5 heteroatoms. The van der Waals surface area contributed by atoms with Crippen LogP contribution in [0.5, 0.6) is 11.6 Å². The highest BCUT2D eigenvalue weighted by molar-refractivity contribution is 5.90. The molecule has 2 rings (SSSR count). The molecule has 0 fully saturated rings. The number of hydrogen-bond acceptors (Lipinski definition) is 5. The number of nitrogens with zero attached hydrogens (tertiary/aromatic N) is 2.